The number of aromatic hydroxyl groups is 1. The fraction of sp³-hybridized carbons (Fsp3) is 0.200. The van der Waals surface area contributed by atoms with Gasteiger partial charge in [-0.15, -0.1) is 0 Å². The number of ether oxygens (including phenoxy) is 1. The minimum atomic E-state index is -3.77. The monoisotopic (exact) mass is 604 g/mol. The van der Waals surface area contributed by atoms with E-state index in [2.05, 4.69) is 15.0 Å². The average Bonchev–Trinajstić information content (AvgIpc) is 3.30. The topological polar surface area (TPSA) is 141 Å². The second-order valence-corrected chi connectivity index (χ2v) is 12.0. The van der Waals surface area contributed by atoms with Crippen molar-refractivity contribution >= 4 is 55.0 Å². The number of esters is 1. The fourth-order valence-corrected chi connectivity index (χ4v) is 5.61. The second kappa shape index (κ2) is 11.8. The molecule has 0 aliphatic rings. The summed E-state index contributed by atoms with van der Waals surface area (Å²) in [6, 6.07) is 14.1. The van der Waals surface area contributed by atoms with Crippen molar-refractivity contribution in [3.63, 3.8) is 0 Å². The Labute approximate surface area is 247 Å². The summed E-state index contributed by atoms with van der Waals surface area (Å²) in [4.78, 5) is 30.2. The number of aromatic nitrogens is 3. The first kappa shape index (κ1) is 29.6. The van der Waals surface area contributed by atoms with E-state index in [1.54, 1.807) is 67.8 Å². The molecule has 43 heavy (non-hydrogen) atoms. The average molecular weight is 605 g/mol. The molecule has 0 saturated heterocycles. The number of carbonyl (C=O) groups is 1. The summed E-state index contributed by atoms with van der Waals surface area (Å²) in [5.74, 6) is -1.54. The van der Waals surface area contributed by atoms with Crippen molar-refractivity contribution in [2.45, 2.75) is 0 Å². The van der Waals surface area contributed by atoms with E-state index in [4.69, 9.17) is 9.73 Å². The van der Waals surface area contributed by atoms with Crippen LogP contribution in [-0.2, 0) is 14.8 Å². The zero-order valence-electron chi connectivity index (χ0n) is 23.9. The maximum Gasteiger partial charge on any atom is 0.337 e. The van der Waals surface area contributed by atoms with Crippen molar-refractivity contribution < 1.29 is 27.4 Å². The van der Waals surface area contributed by atoms with Crippen LogP contribution in [0, 0.1) is 5.82 Å². The van der Waals surface area contributed by atoms with Crippen molar-refractivity contribution in [1.29, 1.82) is 0 Å². The van der Waals surface area contributed by atoms with Gasteiger partial charge >= 0.3 is 5.97 Å². The predicted octanol–water partition coefficient (Wildman–Crippen LogP) is 4.24. The summed E-state index contributed by atoms with van der Waals surface area (Å²) >= 11 is 0. The molecule has 13 heteroatoms. The summed E-state index contributed by atoms with van der Waals surface area (Å²) in [7, 11) is 1.11. The summed E-state index contributed by atoms with van der Waals surface area (Å²) in [5, 5.41) is 11.6. The van der Waals surface area contributed by atoms with Gasteiger partial charge in [-0.2, -0.15) is 0 Å². The van der Waals surface area contributed by atoms with Gasteiger partial charge in [-0.25, -0.2) is 22.6 Å². The van der Waals surface area contributed by atoms with Crippen LogP contribution in [0.3, 0.4) is 0 Å². The Morgan fingerprint density at radius 3 is 2.40 bits per heavy atom. The lowest BCUT2D eigenvalue weighted by Gasteiger charge is -2.24. The second-order valence-electron chi connectivity index (χ2n) is 10.1. The number of sulfonamides is 1. The number of methoxy groups -OCH3 is 1. The van der Waals surface area contributed by atoms with Gasteiger partial charge in [0.25, 0.3) is 0 Å². The first-order chi connectivity index (χ1) is 20.5. The first-order valence-electron chi connectivity index (χ1n) is 13.1. The van der Waals surface area contributed by atoms with Crippen molar-refractivity contribution in [1.82, 2.24) is 19.9 Å². The molecule has 0 unspecified atom stereocenters. The highest BCUT2D eigenvalue weighted by molar-refractivity contribution is 7.92. The fourth-order valence-electron chi connectivity index (χ4n) is 4.70. The molecule has 0 atom stereocenters. The van der Waals surface area contributed by atoms with E-state index in [1.807, 2.05) is 0 Å². The van der Waals surface area contributed by atoms with Crippen molar-refractivity contribution in [2.75, 3.05) is 44.9 Å². The SMILES string of the molecule is COC(=O)c1ccc2c(C(=Nc3ccc(N(CCN(C)C)S(C)(=O)=O)c(F)c3)c3ccc4nccnc4c3)c(O)[nH]c2c1. The molecule has 0 fully saturated rings. The molecule has 0 bridgehead atoms. The quantitative estimate of drug-likeness (QED) is 0.188. The Morgan fingerprint density at radius 2 is 1.72 bits per heavy atom. The molecule has 0 aliphatic heterocycles. The van der Waals surface area contributed by atoms with Gasteiger partial charge in [0.2, 0.25) is 10.0 Å². The van der Waals surface area contributed by atoms with Gasteiger partial charge in [0.05, 0.1) is 52.6 Å². The molecule has 5 aromatic rings. The number of nitrogens with one attached hydrogen (secondary N) is 1. The van der Waals surface area contributed by atoms with Crippen molar-refractivity contribution in [3.05, 3.63) is 89.5 Å². The number of nitrogens with zero attached hydrogens (tertiary/aromatic N) is 5. The maximum atomic E-state index is 15.5. The van der Waals surface area contributed by atoms with E-state index >= 15 is 4.39 Å². The zero-order valence-corrected chi connectivity index (χ0v) is 24.7. The standard InChI is InChI=1S/C30H29FN6O5S/c1-36(2)13-14-37(43(4,40)41)26-10-7-20(17-22(26)31)34-28(18-6-9-23-25(15-18)33-12-11-32-23)27-21-8-5-19(30(39)42-3)16-24(21)35-29(27)38/h5-12,15-17,35,38H,13-14H2,1-4H3. The van der Waals surface area contributed by atoms with Gasteiger partial charge in [0.15, 0.2) is 5.88 Å². The van der Waals surface area contributed by atoms with E-state index in [1.165, 1.54) is 19.2 Å². The third-order valence-electron chi connectivity index (χ3n) is 6.77. The third kappa shape index (κ3) is 6.17. The van der Waals surface area contributed by atoms with E-state index < -0.39 is 21.8 Å². The summed E-state index contributed by atoms with van der Waals surface area (Å²) in [6.45, 7) is 0.449. The minimum absolute atomic E-state index is 0.0610. The van der Waals surface area contributed by atoms with Gasteiger partial charge in [0, 0.05) is 48.0 Å². The number of likely N-dealkylation sites (N-methyl/N-ethyl adjacent to an activating group) is 1. The lowest BCUT2D eigenvalue weighted by atomic mass is 9.99. The number of carbonyl (C=O) groups excluding carboxylic acids is 1. The lowest BCUT2D eigenvalue weighted by molar-refractivity contribution is 0.0601. The van der Waals surface area contributed by atoms with E-state index in [0.29, 0.717) is 39.6 Å². The Hall–Kier alpha value is -4.88. The highest BCUT2D eigenvalue weighted by Gasteiger charge is 2.23. The number of fused-ring (bicyclic) bond motifs is 2. The third-order valence-corrected chi connectivity index (χ3v) is 7.95. The molecule has 222 valence electrons. The number of aliphatic imine (C=N–C) groups is 1. The Bertz CT molecular complexity index is 1990. The van der Waals surface area contributed by atoms with E-state index in [9.17, 15) is 18.3 Å². The van der Waals surface area contributed by atoms with Crippen LogP contribution in [0.2, 0.25) is 0 Å². The molecule has 0 amide bonds. The minimum Gasteiger partial charge on any atom is -0.494 e. The van der Waals surface area contributed by atoms with Crippen LogP contribution < -0.4 is 4.31 Å². The van der Waals surface area contributed by atoms with Crippen molar-refractivity contribution in [3.8, 4) is 5.88 Å². The van der Waals surface area contributed by atoms with Gasteiger partial charge < -0.3 is 19.7 Å². The number of rotatable bonds is 9. The van der Waals surface area contributed by atoms with Crippen LogP contribution in [0.5, 0.6) is 5.88 Å². The van der Waals surface area contributed by atoms with E-state index in [0.717, 1.165) is 16.6 Å². The molecular formula is C30H29FN6O5S. The predicted molar refractivity (Wildman–Crippen MR) is 163 cm³/mol. The van der Waals surface area contributed by atoms with Crippen LogP contribution in [0.25, 0.3) is 21.9 Å². The van der Waals surface area contributed by atoms with Gasteiger partial charge in [0.1, 0.15) is 5.82 Å². The van der Waals surface area contributed by atoms with Crippen LogP contribution in [-0.4, -0.2) is 85.6 Å². The number of halogens is 1. The maximum absolute atomic E-state index is 15.5. The number of anilines is 1. The Balaban J connectivity index is 1.68. The zero-order chi connectivity index (χ0) is 30.9. The number of benzene rings is 3. The molecule has 0 radical (unpaired) electrons. The summed E-state index contributed by atoms with van der Waals surface area (Å²) < 4.78 is 46.4. The van der Waals surface area contributed by atoms with Gasteiger partial charge in [-0.05, 0) is 50.5 Å². The first-order valence-corrected chi connectivity index (χ1v) is 15.0. The molecule has 0 spiro atoms. The highest BCUT2D eigenvalue weighted by atomic mass is 32.2. The van der Waals surface area contributed by atoms with Gasteiger partial charge in [-0.3, -0.25) is 14.3 Å². The highest BCUT2D eigenvalue weighted by Crippen LogP contribution is 2.34. The Kier molecular flexibility index (Phi) is 8.11. The largest absolute Gasteiger partial charge is 0.494 e. The van der Waals surface area contributed by atoms with Crippen LogP contribution >= 0.6 is 0 Å². The number of hydrogen-bond donors (Lipinski definition) is 2. The molecular weight excluding hydrogens is 575 g/mol. The molecule has 5 rings (SSSR count). The normalized spacial score (nSPS) is 12.3. The lowest BCUT2D eigenvalue weighted by Crippen LogP contribution is -2.36. The smallest absolute Gasteiger partial charge is 0.337 e. The molecule has 2 aromatic heterocycles. The molecule has 3 aromatic carbocycles. The molecule has 2 heterocycles. The molecule has 0 aliphatic carbocycles. The Morgan fingerprint density at radius 1 is 1.00 bits per heavy atom. The molecule has 11 nitrogen and oxygen atoms in total. The number of H-pyrrole nitrogens is 1. The molecule has 2 N–H and O–H groups in total. The summed E-state index contributed by atoms with van der Waals surface area (Å²) in [5.41, 5.74) is 3.17. The number of aromatic amines is 1. The van der Waals surface area contributed by atoms with Crippen LogP contribution in [0.1, 0.15) is 21.5 Å². The summed E-state index contributed by atoms with van der Waals surface area (Å²) in [6.07, 6.45) is 4.16. The van der Waals surface area contributed by atoms with Gasteiger partial charge in [-0.1, -0.05) is 12.1 Å². The van der Waals surface area contributed by atoms with Crippen LogP contribution in [0.4, 0.5) is 15.8 Å². The van der Waals surface area contributed by atoms with E-state index in [-0.39, 0.29) is 35.1 Å². The van der Waals surface area contributed by atoms with Crippen LogP contribution in [0.15, 0.2) is 72.0 Å². The number of hydrogen-bond acceptors (Lipinski definition) is 9. The molecule has 0 saturated carbocycles. The van der Waals surface area contributed by atoms with Crippen molar-refractivity contribution in [2.24, 2.45) is 4.99 Å².